The molecule has 4 nitrogen and oxygen atoms in total. The van der Waals surface area contributed by atoms with E-state index in [-0.39, 0.29) is 11.9 Å². The van der Waals surface area contributed by atoms with Crippen molar-refractivity contribution in [2.75, 3.05) is 0 Å². The molecule has 1 amide bonds. The number of amides is 1. The fourth-order valence-corrected chi connectivity index (χ4v) is 2.08. The molecule has 1 atom stereocenters. The van der Waals surface area contributed by atoms with E-state index in [9.17, 15) is 4.79 Å². The van der Waals surface area contributed by atoms with Crippen molar-refractivity contribution in [1.82, 2.24) is 14.7 Å². The summed E-state index contributed by atoms with van der Waals surface area (Å²) in [5, 5.41) is 2.99. The summed E-state index contributed by atoms with van der Waals surface area (Å²) in [5.74, 6) is -0.0730. The number of hydrogen-bond donors (Lipinski definition) is 1. The first kappa shape index (κ1) is 11.7. The lowest BCUT2D eigenvalue weighted by Gasteiger charge is -2.16. The molecule has 2 aromatic heterocycles. The average Bonchev–Trinajstić information content (AvgIpc) is 2.90. The highest BCUT2D eigenvalue weighted by Gasteiger charge is 2.14. The molecule has 0 spiro atoms. The van der Waals surface area contributed by atoms with Crippen molar-refractivity contribution in [3.63, 3.8) is 0 Å². The van der Waals surface area contributed by atoms with E-state index in [1.165, 1.54) is 11.5 Å². The highest BCUT2D eigenvalue weighted by Crippen LogP contribution is 2.16. The summed E-state index contributed by atoms with van der Waals surface area (Å²) < 4.78 is 3.92. The van der Waals surface area contributed by atoms with Gasteiger partial charge in [-0.1, -0.05) is 6.92 Å². The summed E-state index contributed by atoms with van der Waals surface area (Å²) in [7, 11) is 0. The smallest absolute Gasteiger partial charge is 0.263 e. The molecule has 17 heavy (non-hydrogen) atoms. The highest BCUT2D eigenvalue weighted by molar-refractivity contribution is 7.08. The minimum atomic E-state index is -0.0730. The van der Waals surface area contributed by atoms with Crippen molar-refractivity contribution in [1.29, 1.82) is 0 Å². The normalized spacial score (nSPS) is 12.1. The summed E-state index contributed by atoms with van der Waals surface area (Å²) in [6.45, 7) is 2.04. The maximum atomic E-state index is 11.9. The summed E-state index contributed by atoms with van der Waals surface area (Å²) in [6, 6.07) is 5.58. The molecule has 2 heterocycles. The summed E-state index contributed by atoms with van der Waals surface area (Å²) in [6.07, 6.45) is 5.94. The SMILES string of the molecule is CCC(NC(=O)c1ccns1)c1ccncc1. The van der Waals surface area contributed by atoms with Crippen molar-refractivity contribution in [3.8, 4) is 0 Å². The quantitative estimate of drug-likeness (QED) is 0.902. The Morgan fingerprint density at radius 3 is 2.71 bits per heavy atom. The Hall–Kier alpha value is -1.75. The number of nitrogens with zero attached hydrogens (tertiary/aromatic N) is 2. The zero-order chi connectivity index (χ0) is 12.1. The lowest BCUT2D eigenvalue weighted by molar-refractivity contribution is 0.0939. The van der Waals surface area contributed by atoms with Gasteiger partial charge in [-0.3, -0.25) is 9.78 Å². The zero-order valence-corrected chi connectivity index (χ0v) is 10.3. The van der Waals surface area contributed by atoms with Crippen LogP contribution in [0.15, 0.2) is 36.8 Å². The first-order valence-electron chi connectivity index (χ1n) is 5.42. The fraction of sp³-hybridized carbons (Fsp3) is 0.250. The fourth-order valence-electron chi connectivity index (χ4n) is 1.58. The van der Waals surface area contributed by atoms with E-state index in [0.717, 1.165) is 12.0 Å². The molecule has 0 saturated heterocycles. The first-order valence-corrected chi connectivity index (χ1v) is 6.20. The molecule has 2 rings (SSSR count). The largest absolute Gasteiger partial charge is 0.344 e. The monoisotopic (exact) mass is 247 g/mol. The predicted octanol–water partition coefficient (Wildman–Crippen LogP) is 2.42. The molecule has 0 aliphatic carbocycles. The number of aromatic nitrogens is 2. The van der Waals surface area contributed by atoms with Gasteiger partial charge in [0, 0.05) is 18.6 Å². The van der Waals surface area contributed by atoms with Gasteiger partial charge in [-0.2, -0.15) is 0 Å². The topological polar surface area (TPSA) is 54.9 Å². The Morgan fingerprint density at radius 2 is 2.12 bits per heavy atom. The molecule has 0 saturated carbocycles. The number of hydrogen-bond acceptors (Lipinski definition) is 4. The van der Waals surface area contributed by atoms with Gasteiger partial charge in [0.2, 0.25) is 0 Å². The molecule has 0 aromatic carbocycles. The van der Waals surface area contributed by atoms with Gasteiger partial charge < -0.3 is 5.32 Å². The molecule has 0 radical (unpaired) electrons. The van der Waals surface area contributed by atoms with Crippen LogP contribution >= 0.6 is 11.5 Å². The Kier molecular flexibility index (Phi) is 3.82. The maximum Gasteiger partial charge on any atom is 0.263 e. The minimum Gasteiger partial charge on any atom is -0.344 e. The van der Waals surface area contributed by atoms with Gasteiger partial charge in [0.15, 0.2) is 0 Å². The van der Waals surface area contributed by atoms with E-state index in [0.29, 0.717) is 4.88 Å². The Balaban J connectivity index is 2.09. The average molecular weight is 247 g/mol. The van der Waals surface area contributed by atoms with Crippen LogP contribution in [0.4, 0.5) is 0 Å². The van der Waals surface area contributed by atoms with E-state index in [4.69, 9.17) is 0 Å². The third-order valence-corrected chi connectivity index (χ3v) is 3.23. The number of pyridine rings is 1. The number of carbonyl (C=O) groups excluding carboxylic acids is 1. The van der Waals surface area contributed by atoms with Crippen molar-refractivity contribution in [2.24, 2.45) is 0 Å². The van der Waals surface area contributed by atoms with E-state index in [1.807, 2.05) is 19.1 Å². The summed E-state index contributed by atoms with van der Waals surface area (Å²) in [5.41, 5.74) is 1.07. The second-order valence-electron chi connectivity index (χ2n) is 3.59. The lowest BCUT2D eigenvalue weighted by atomic mass is 10.1. The number of nitrogens with one attached hydrogen (secondary N) is 1. The van der Waals surface area contributed by atoms with Crippen LogP contribution in [0.1, 0.15) is 34.6 Å². The number of carbonyl (C=O) groups is 1. The van der Waals surface area contributed by atoms with Crippen LogP contribution in [-0.4, -0.2) is 15.3 Å². The second-order valence-corrected chi connectivity index (χ2v) is 4.42. The zero-order valence-electron chi connectivity index (χ0n) is 9.46. The van der Waals surface area contributed by atoms with Gasteiger partial charge in [0.05, 0.1) is 6.04 Å². The Morgan fingerprint density at radius 1 is 1.35 bits per heavy atom. The Bertz CT molecular complexity index is 470. The lowest BCUT2D eigenvalue weighted by Crippen LogP contribution is -2.27. The predicted molar refractivity (Wildman–Crippen MR) is 66.8 cm³/mol. The summed E-state index contributed by atoms with van der Waals surface area (Å²) >= 11 is 1.20. The maximum absolute atomic E-state index is 11.9. The summed E-state index contributed by atoms with van der Waals surface area (Å²) in [4.78, 5) is 16.5. The van der Waals surface area contributed by atoms with Crippen molar-refractivity contribution in [3.05, 3.63) is 47.2 Å². The van der Waals surface area contributed by atoms with Crippen molar-refractivity contribution in [2.45, 2.75) is 19.4 Å². The molecule has 88 valence electrons. The van der Waals surface area contributed by atoms with E-state index >= 15 is 0 Å². The molecular weight excluding hydrogens is 234 g/mol. The molecule has 2 aromatic rings. The van der Waals surface area contributed by atoms with Gasteiger partial charge in [-0.05, 0) is 41.7 Å². The third-order valence-electron chi connectivity index (χ3n) is 2.48. The standard InChI is InChI=1S/C12H13N3OS/c1-2-10(9-3-6-13-7-4-9)15-12(16)11-5-8-14-17-11/h3-8,10H,2H2,1H3,(H,15,16). The third kappa shape index (κ3) is 2.88. The van der Waals surface area contributed by atoms with Crippen LogP contribution in [0.5, 0.6) is 0 Å². The minimum absolute atomic E-state index is 0.0209. The molecular formula is C12H13N3OS. The van der Waals surface area contributed by atoms with E-state index in [1.54, 1.807) is 24.7 Å². The number of rotatable bonds is 4. The molecule has 0 aliphatic rings. The molecule has 0 fully saturated rings. The van der Waals surface area contributed by atoms with Crippen LogP contribution in [0, 0.1) is 0 Å². The van der Waals surface area contributed by atoms with Gasteiger partial charge in [-0.15, -0.1) is 0 Å². The molecule has 0 aliphatic heterocycles. The van der Waals surface area contributed by atoms with Crippen LogP contribution in [-0.2, 0) is 0 Å². The van der Waals surface area contributed by atoms with Crippen LogP contribution in [0.3, 0.4) is 0 Å². The molecule has 0 bridgehead atoms. The van der Waals surface area contributed by atoms with Crippen LogP contribution < -0.4 is 5.32 Å². The van der Waals surface area contributed by atoms with Crippen LogP contribution in [0.2, 0.25) is 0 Å². The van der Waals surface area contributed by atoms with Gasteiger partial charge in [0.1, 0.15) is 4.88 Å². The first-order chi connectivity index (χ1) is 8.31. The van der Waals surface area contributed by atoms with E-state index in [2.05, 4.69) is 14.7 Å². The molecule has 5 heteroatoms. The highest BCUT2D eigenvalue weighted by atomic mass is 32.1. The van der Waals surface area contributed by atoms with Gasteiger partial charge >= 0.3 is 0 Å². The molecule has 1 unspecified atom stereocenters. The van der Waals surface area contributed by atoms with Gasteiger partial charge in [-0.25, -0.2) is 4.37 Å². The van der Waals surface area contributed by atoms with Gasteiger partial charge in [0.25, 0.3) is 5.91 Å². The Labute approximate surface area is 104 Å². The van der Waals surface area contributed by atoms with Crippen molar-refractivity contribution < 1.29 is 4.79 Å². The van der Waals surface area contributed by atoms with E-state index < -0.39 is 0 Å². The molecule has 1 N–H and O–H groups in total. The van der Waals surface area contributed by atoms with Crippen LogP contribution in [0.25, 0.3) is 0 Å². The van der Waals surface area contributed by atoms with Crippen molar-refractivity contribution >= 4 is 17.4 Å². The second kappa shape index (κ2) is 5.54.